The maximum absolute atomic E-state index is 3.49. The van der Waals surface area contributed by atoms with E-state index in [1.54, 1.807) is 0 Å². The summed E-state index contributed by atoms with van der Waals surface area (Å²) in [5, 5.41) is 3.49. The molecule has 0 spiro atoms. The molecular formula is C16H25BrN2. The van der Waals surface area contributed by atoms with Gasteiger partial charge in [0.25, 0.3) is 0 Å². The summed E-state index contributed by atoms with van der Waals surface area (Å²) in [6.45, 7) is 9.44. The first kappa shape index (κ1) is 14.9. The topological polar surface area (TPSA) is 15.3 Å². The third kappa shape index (κ3) is 4.81. The number of nitrogens with one attached hydrogen (secondary N) is 1. The molecule has 1 N–H and O–H groups in total. The number of piperidine rings is 1. The molecule has 0 atom stereocenters. The molecule has 0 aromatic heterocycles. The zero-order valence-electron chi connectivity index (χ0n) is 12.0. The second-order valence-corrected chi connectivity index (χ2v) is 6.77. The molecule has 1 aliphatic rings. The maximum Gasteiger partial charge on any atom is 0.0341 e. The molecule has 1 fully saturated rings. The van der Waals surface area contributed by atoms with Gasteiger partial charge in [-0.15, -0.1) is 0 Å². The van der Waals surface area contributed by atoms with E-state index >= 15 is 0 Å². The minimum Gasteiger partial charge on any atom is -0.384 e. The van der Waals surface area contributed by atoms with Crippen LogP contribution in [0, 0.1) is 11.8 Å². The zero-order chi connectivity index (χ0) is 13.7. The third-order valence-corrected chi connectivity index (χ3v) is 4.71. The minimum absolute atomic E-state index is 0.850. The monoisotopic (exact) mass is 324 g/mol. The van der Waals surface area contributed by atoms with Crippen LogP contribution in [-0.2, 0) is 0 Å². The molecule has 1 aromatic rings. The predicted octanol–water partition coefficient (Wildman–Crippen LogP) is 4.23. The van der Waals surface area contributed by atoms with Crippen molar-refractivity contribution < 1.29 is 0 Å². The lowest BCUT2D eigenvalue weighted by Gasteiger charge is -2.33. The van der Waals surface area contributed by atoms with Crippen molar-refractivity contribution in [2.45, 2.75) is 26.7 Å². The van der Waals surface area contributed by atoms with E-state index in [1.165, 1.54) is 31.6 Å². The average Bonchev–Trinajstić information content (AvgIpc) is 2.41. The SMILES string of the molecule is CC(C)C1CCN(CCNc2ccc(Br)cc2)CC1. The first-order valence-corrected chi connectivity index (χ1v) is 8.16. The Hall–Kier alpha value is -0.540. The molecule has 2 rings (SSSR count). The van der Waals surface area contributed by atoms with Gasteiger partial charge in [-0.25, -0.2) is 0 Å². The van der Waals surface area contributed by atoms with Crippen LogP contribution in [0.1, 0.15) is 26.7 Å². The highest BCUT2D eigenvalue weighted by Gasteiger charge is 2.20. The van der Waals surface area contributed by atoms with Gasteiger partial charge in [0.15, 0.2) is 0 Å². The number of benzene rings is 1. The molecule has 0 unspecified atom stereocenters. The van der Waals surface area contributed by atoms with Gasteiger partial charge in [-0.1, -0.05) is 29.8 Å². The van der Waals surface area contributed by atoms with Gasteiger partial charge >= 0.3 is 0 Å². The van der Waals surface area contributed by atoms with E-state index in [4.69, 9.17) is 0 Å². The summed E-state index contributed by atoms with van der Waals surface area (Å²) in [5.41, 5.74) is 1.21. The lowest BCUT2D eigenvalue weighted by molar-refractivity contribution is 0.162. The fraction of sp³-hybridized carbons (Fsp3) is 0.625. The van der Waals surface area contributed by atoms with Gasteiger partial charge in [-0.2, -0.15) is 0 Å². The molecule has 0 saturated carbocycles. The van der Waals surface area contributed by atoms with Crippen LogP contribution in [0.4, 0.5) is 5.69 Å². The molecular weight excluding hydrogens is 300 g/mol. The van der Waals surface area contributed by atoms with Crippen molar-refractivity contribution in [1.82, 2.24) is 4.90 Å². The van der Waals surface area contributed by atoms with Gasteiger partial charge in [0.05, 0.1) is 0 Å². The Labute approximate surface area is 125 Å². The van der Waals surface area contributed by atoms with Crippen molar-refractivity contribution in [2.24, 2.45) is 11.8 Å². The Kier molecular flexibility index (Phi) is 5.71. The summed E-state index contributed by atoms with van der Waals surface area (Å²) < 4.78 is 1.13. The number of hydrogen-bond acceptors (Lipinski definition) is 2. The highest BCUT2D eigenvalue weighted by Crippen LogP contribution is 2.24. The van der Waals surface area contributed by atoms with Crippen LogP contribution in [0.25, 0.3) is 0 Å². The van der Waals surface area contributed by atoms with Crippen LogP contribution in [0.2, 0.25) is 0 Å². The Bertz CT molecular complexity index is 367. The van der Waals surface area contributed by atoms with E-state index in [-0.39, 0.29) is 0 Å². The number of hydrogen-bond donors (Lipinski definition) is 1. The van der Waals surface area contributed by atoms with E-state index in [0.29, 0.717) is 0 Å². The molecule has 3 heteroatoms. The molecule has 106 valence electrons. The van der Waals surface area contributed by atoms with Crippen molar-refractivity contribution >= 4 is 21.6 Å². The number of anilines is 1. The second-order valence-electron chi connectivity index (χ2n) is 5.86. The molecule has 0 amide bonds. The van der Waals surface area contributed by atoms with Crippen molar-refractivity contribution in [3.05, 3.63) is 28.7 Å². The van der Waals surface area contributed by atoms with Crippen molar-refractivity contribution in [1.29, 1.82) is 0 Å². The van der Waals surface area contributed by atoms with Crippen LogP contribution < -0.4 is 5.32 Å². The zero-order valence-corrected chi connectivity index (χ0v) is 13.6. The summed E-state index contributed by atoms with van der Waals surface area (Å²) in [6, 6.07) is 8.40. The van der Waals surface area contributed by atoms with Crippen LogP contribution >= 0.6 is 15.9 Å². The lowest BCUT2D eigenvalue weighted by Crippen LogP contribution is -2.37. The van der Waals surface area contributed by atoms with E-state index < -0.39 is 0 Å². The van der Waals surface area contributed by atoms with Crippen molar-refractivity contribution in [3.8, 4) is 0 Å². The molecule has 1 saturated heterocycles. The molecule has 0 radical (unpaired) electrons. The van der Waals surface area contributed by atoms with Crippen molar-refractivity contribution in [2.75, 3.05) is 31.5 Å². The number of rotatable bonds is 5. The van der Waals surface area contributed by atoms with Gasteiger partial charge < -0.3 is 10.2 Å². The van der Waals surface area contributed by atoms with E-state index in [2.05, 4.69) is 64.3 Å². The van der Waals surface area contributed by atoms with E-state index in [0.717, 1.165) is 29.4 Å². The molecule has 2 nitrogen and oxygen atoms in total. The molecule has 19 heavy (non-hydrogen) atoms. The smallest absolute Gasteiger partial charge is 0.0341 e. The fourth-order valence-electron chi connectivity index (χ4n) is 2.77. The maximum atomic E-state index is 3.49. The highest BCUT2D eigenvalue weighted by molar-refractivity contribution is 9.10. The van der Waals surface area contributed by atoms with Gasteiger partial charge in [0.2, 0.25) is 0 Å². The summed E-state index contributed by atoms with van der Waals surface area (Å²) in [6.07, 6.45) is 2.74. The highest BCUT2D eigenvalue weighted by atomic mass is 79.9. The normalized spacial score (nSPS) is 17.9. The number of nitrogens with zero attached hydrogens (tertiary/aromatic N) is 1. The van der Waals surface area contributed by atoms with Crippen LogP contribution in [-0.4, -0.2) is 31.1 Å². The number of halogens is 1. The summed E-state index contributed by atoms with van der Waals surface area (Å²) in [7, 11) is 0. The predicted molar refractivity (Wildman–Crippen MR) is 86.6 cm³/mol. The van der Waals surface area contributed by atoms with E-state index in [1.807, 2.05) is 0 Å². The Morgan fingerprint density at radius 3 is 2.42 bits per heavy atom. The van der Waals surface area contributed by atoms with Crippen LogP contribution in [0.3, 0.4) is 0 Å². The van der Waals surface area contributed by atoms with Gasteiger partial charge in [-0.05, 0) is 62.0 Å². The Morgan fingerprint density at radius 2 is 1.84 bits per heavy atom. The third-order valence-electron chi connectivity index (χ3n) is 4.18. The lowest BCUT2D eigenvalue weighted by atomic mass is 9.87. The number of likely N-dealkylation sites (tertiary alicyclic amines) is 1. The standard InChI is InChI=1S/C16H25BrN2/c1-13(2)14-7-10-19(11-8-14)12-9-18-16-5-3-15(17)4-6-16/h3-6,13-14,18H,7-12H2,1-2H3. The Morgan fingerprint density at radius 1 is 1.21 bits per heavy atom. The first-order valence-electron chi connectivity index (χ1n) is 7.37. The summed E-state index contributed by atoms with van der Waals surface area (Å²) >= 11 is 3.46. The molecule has 1 aliphatic heterocycles. The van der Waals surface area contributed by atoms with Gasteiger partial charge in [0, 0.05) is 23.2 Å². The largest absolute Gasteiger partial charge is 0.384 e. The van der Waals surface area contributed by atoms with Gasteiger partial charge in [-0.3, -0.25) is 0 Å². The molecule has 1 heterocycles. The minimum atomic E-state index is 0.850. The quantitative estimate of drug-likeness (QED) is 0.871. The molecule has 0 aliphatic carbocycles. The Balaban J connectivity index is 1.65. The summed E-state index contributed by atoms with van der Waals surface area (Å²) in [4.78, 5) is 2.59. The molecule has 0 bridgehead atoms. The summed E-state index contributed by atoms with van der Waals surface area (Å²) in [5.74, 6) is 1.79. The first-order chi connectivity index (χ1) is 9.15. The molecule has 1 aromatic carbocycles. The fourth-order valence-corrected chi connectivity index (χ4v) is 3.03. The second kappa shape index (κ2) is 7.30. The van der Waals surface area contributed by atoms with Crippen molar-refractivity contribution in [3.63, 3.8) is 0 Å². The van der Waals surface area contributed by atoms with Crippen LogP contribution in [0.15, 0.2) is 28.7 Å². The van der Waals surface area contributed by atoms with E-state index in [9.17, 15) is 0 Å². The van der Waals surface area contributed by atoms with Crippen LogP contribution in [0.5, 0.6) is 0 Å². The average molecular weight is 325 g/mol. The van der Waals surface area contributed by atoms with Gasteiger partial charge in [0.1, 0.15) is 0 Å².